The Hall–Kier alpha value is -3.16. The number of nitrogens with one attached hydrogen (secondary N) is 2. The highest BCUT2D eigenvalue weighted by atomic mass is 16.2. The van der Waals surface area contributed by atoms with Gasteiger partial charge < -0.3 is 10.6 Å². The molecule has 1 aromatic heterocycles. The molecule has 0 saturated carbocycles. The van der Waals surface area contributed by atoms with E-state index >= 15 is 0 Å². The SMILES string of the molecule is Cc1nn(-c2ccccc2)c(C)c1NC(=O)CN1C(=O)CNC1=O. The number of rotatable bonds is 4. The molecule has 1 saturated heterocycles. The Balaban J connectivity index is 1.78. The summed E-state index contributed by atoms with van der Waals surface area (Å²) >= 11 is 0. The van der Waals surface area contributed by atoms with E-state index in [1.807, 2.05) is 37.3 Å². The van der Waals surface area contributed by atoms with E-state index in [-0.39, 0.29) is 13.1 Å². The normalized spacial score (nSPS) is 14.0. The minimum Gasteiger partial charge on any atom is -0.329 e. The van der Waals surface area contributed by atoms with E-state index in [0.29, 0.717) is 11.4 Å². The Morgan fingerprint density at radius 3 is 2.58 bits per heavy atom. The first-order valence-electron chi connectivity index (χ1n) is 7.47. The number of aromatic nitrogens is 2. The Bertz CT molecular complexity index is 797. The minimum absolute atomic E-state index is 0.0733. The molecule has 2 heterocycles. The fourth-order valence-electron chi connectivity index (χ4n) is 2.58. The van der Waals surface area contributed by atoms with Gasteiger partial charge in [0.15, 0.2) is 0 Å². The zero-order valence-corrected chi connectivity index (χ0v) is 13.4. The predicted octanol–water partition coefficient (Wildman–Crippen LogP) is 0.979. The summed E-state index contributed by atoms with van der Waals surface area (Å²) in [6.07, 6.45) is 0. The molecule has 0 bridgehead atoms. The molecule has 1 aromatic carbocycles. The van der Waals surface area contributed by atoms with Crippen LogP contribution in [0.15, 0.2) is 30.3 Å². The lowest BCUT2D eigenvalue weighted by molar-refractivity contribution is -0.128. The molecule has 1 aliphatic rings. The van der Waals surface area contributed by atoms with Crippen LogP contribution in [0, 0.1) is 13.8 Å². The van der Waals surface area contributed by atoms with Crippen molar-refractivity contribution in [3.05, 3.63) is 41.7 Å². The molecule has 0 aliphatic carbocycles. The summed E-state index contributed by atoms with van der Waals surface area (Å²) in [5.74, 6) is -0.859. The number of benzene rings is 1. The average molecular weight is 327 g/mol. The number of urea groups is 1. The van der Waals surface area contributed by atoms with Crippen LogP contribution in [0.4, 0.5) is 10.5 Å². The molecule has 0 radical (unpaired) electrons. The van der Waals surface area contributed by atoms with Gasteiger partial charge in [0.05, 0.1) is 29.3 Å². The van der Waals surface area contributed by atoms with Crippen molar-refractivity contribution in [2.45, 2.75) is 13.8 Å². The summed E-state index contributed by atoms with van der Waals surface area (Å²) in [5.41, 5.74) is 2.88. The van der Waals surface area contributed by atoms with Gasteiger partial charge in [-0.15, -0.1) is 0 Å². The standard InChI is InChI=1S/C16H17N5O3/c1-10-15(11(2)21(19-10)12-6-4-3-5-7-12)18-13(22)9-20-14(23)8-17-16(20)24/h3-7H,8-9H2,1-2H3,(H,17,24)(H,18,22). The predicted molar refractivity (Wildman–Crippen MR) is 86.8 cm³/mol. The van der Waals surface area contributed by atoms with Gasteiger partial charge in [0.25, 0.3) is 5.91 Å². The van der Waals surface area contributed by atoms with Crippen molar-refractivity contribution < 1.29 is 14.4 Å². The van der Waals surface area contributed by atoms with Gasteiger partial charge in [0, 0.05) is 0 Å². The minimum atomic E-state index is -0.552. The molecule has 2 N–H and O–H groups in total. The van der Waals surface area contributed by atoms with Gasteiger partial charge in [-0.05, 0) is 26.0 Å². The van der Waals surface area contributed by atoms with E-state index in [2.05, 4.69) is 15.7 Å². The van der Waals surface area contributed by atoms with Crippen LogP contribution >= 0.6 is 0 Å². The molecule has 0 unspecified atom stereocenters. The zero-order chi connectivity index (χ0) is 17.3. The first kappa shape index (κ1) is 15.7. The van der Waals surface area contributed by atoms with Gasteiger partial charge in [-0.25, -0.2) is 9.48 Å². The van der Waals surface area contributed by atoms with E-state index in [9.17, 15) is 14.4 Å². The second-order valence-electron chi connectivity index (χ2n) is 5.48. The molecule has 8 heteroatoms. The number of anilines is 1. The Morgan fingerprint density at radius 2 is 1.96 bits per heavy atom. The second kappa shape index (κ2) is 6.15. The lowest BCUT2D eigenvalue weighted by Gasteiger charge is -2.12. The van der Waals surface area contributed by atoms with Crippen molar-refractivity contribution in [1.82, 2.24) is 20.0 Å². The van der Waals surface area contributed by atoms with Gasteiger partial charge in [-0.1, -0.05) is 18.2 Å². The third-order valence-electron chi connectivity index (χ3n) is 3.80. The average Bonchev–Trinajstić information content (AvgIpc) is 3.03. The number of carbonyl (C=O) groups excluding carboxylic acids is 3. The fraction of sp³-hybridized carbons (Fsp3) is 0.250. The highest BCUT2D eigenvalue weighted by Crippen LogP contribution is 2.22. The van der Waals surface area contributed by atoms with Crippen LogP contribution in [-0.4, -0.2) is 45.6 Å². The maximum Gasteiger partial charge on any atom is 0.325 e. The summed E-state index contributed by atoms with van der Waals surface area (Å²) in [7, 11) is 0. The number of hydrogen-bond donors (Lipinski definition) is 2. The van der Waals surface area contributed by atoms with Crippen LogP contribution in [0.2, 0.25) is 0 Å². The van der Waals surface area contributed by atoms with Crippen LogP contribution in [0.5, 0.6) is 0 Å². The van der Waals surface area contributed by atoms with Crippen molar-refractivity contribution in [1.29, 1.82) is 0 Å². The number of carbonyl (C=O) groups is 3. The van der Waals surface area contributed by atoms with Gasteiger partial charge in [-0.3, -0.25) is 14.5 Å². The van der Waals surface area contributed by atoms with Gasteiger partial charge in [-0.2, -0.15) is 5.10 Å². The van der Waals surface area contributed by atoms with Crippen molar-refractivity contribution in [2.75, 3.05) is 18.4 Å². The van der Waals surface area contributed by atoms with Crippen molar-refractivity contribution >= 4 is 23.5 Å². The molecule has 24 heavy (non-hydrogen) atoms. The topological polar surface area (TPSA) is 96.3 Å². The first-order valence-corrected chi connectivity index (χ1v) is 7.47. The van der Waals surface area contributed by atoms with Gasteiger partial charge in [0.1, 0.15) is 6.54 Å². The van der Waals surface area contributed by atoms with Crippen molar-refractivity contribution in [3.63, 3.8) is 0 Å². The molecule has 3 rings (SSSR count). The number of nitrogens with zero attached hydrogens (tertiary/aromatic N) is 3. The number of amides is 4. The van der Waals surface area contributed by atoms with Crippen LogP contribution in [0.3, 0.4) is 0 Å². The maximum atomic E-state index is 12.2. The van der Waals surface area contributed by atoms with Crippen LogP contribution in [-0.2, 0) is 9.59 Å². The number of aryl methyl sites for hydroxylation is 1. The number of para-hydroxylation sites is 1. The Morgan fingerprint density at radius 1 is 1.25 bits per heavy atom. The molecular formula is C16H17N5O3. The third kappa shape index (κ3) is 2.85. The summed E-state index contributed by atoms with van der Waals surface area (Å²) in [4.78, 5) is 36.1. The fourth-order valence-corrected chi connectivity index (χ4v) is 2.58. The summed E-state index contributed by atoms with van der Waals surface area (Å²) in [5, 5.41) is 9.56. The molecular weight excluding hydrogens is 310 g/mol. The van der Waals surface area contributed by atoms with E-state index in [1.165, 1.54) is 0 Å². The molecule has 2 aromatic rings. The van der Waals surface area contributed by atoms with Crippen LogP contribution in [0.1, 0.15) is 11.4 Å². The van der Waals surface area contributed by atoms with E-state index in [0.717, 1.165) is 16.3 Å². The van der Waals surface area contributed by atoms with Crippen molar-refractivity contribution in [2.24, 2.45) is 0 Å². The van der Waals surface area contributed by atoms with Crippen LogP contribution < -0.4 is 10.6 Å². The zero-order valence-electron chi connectivity index (χ0n) is 13.4. The summed E-state index contributed by atoms with van der Waals surface area (Å²) in [6.45, 7) is 3.24. The Kier molecular flexibility index (Phi) is 4.03. The van der Waals surface area contributed by atoms with E-state index in [4.69, 9.17) is 0 Å². The van der Waals surface area contributed by atoms with E-state index in [1.54, 1.807) is 11.6 Å². The lowest BCUT2D eigenvalue weighted by atomic mass is 10.3. The maximum absolute atomic E-state index is 12.2. The second-order valence-corrected chi connectivity index (χ2v) is 5.48. The molecule has 124 valence electrons. The highest BCUT2D eigenvalue weighted by molar-refractivity contribution is 6.06. The highest BCUT2D eigenvalue weighted by Gasteiger charge is 2.30. The smallest absolute Gasteiger partial charge is 0.325 e. The molecule has 8 nitrogen and oxygen atoms in total. The molecule has 0 spiro atoms. The van der Waals surface area contributed by atoms with Gasteiger partial charge >= 0.3 is 6.03 Å². The molecule has 1 fully saturated rings. The monoisotopic (exact) mass is 327 g/mol. The van der Waals surface area contributed by atoms with E-state index < -0.39 is 17.8 Å². The summed E-state index contributed by atoms with van der Waals surface area (Å²) in [6, 6.07) is 9.00. The number of hydrogen-bond acceptors (Lipinski definition) is 4. The third-order valence-corrected chi connectivity index (χ3v) is 3.80. The Labute approximate surface area is 138 Å². The lowest BCUT2D eigenvalue weighted by Crippen LogP contribution is -2.38. The van der Waals surface area contributed by atoms with Gasteiger partial charge in [0.2, 0.25) is 5.91 Å². The van der Waals surface area contributed by atoms with Crippen molar-refractivity contribution in [3.8, 4) is 5.69 Å². The summed E-state index contributed by atoms with van der Waals surface area (Å²) < 4.78 is 1.73. The number of imide groups is 1. The first-order chi connectivity index (χ1) is 11.5. The molecule has 4 amide bonds. The molecule has 1 aliphatic heterocycles. The quantitative estimate of drug-likeness (QED) is 0.818. The largest absolute Gasteiger partial charge is 0.329 e. The van der Waals surface area contributed by atoms with Crippen LogP contribution in [0.25, 0.3) is 5.69 Å². The molecule has 0 atom stereocenters.